The van der Waals surface area contributed by atoms with E-state index in [0.29, 0.717) is 44.6 Å². The molecule has 1 aliphatic heterocycles. The summed E-state index contributed by atoms with van der Waals surface area (Å²) in [6.07, 6.45) is 1.29. The van der Waals surface area contributed by atoms with Gasteiger partial charge in [-0.25, -0.2) is 8.42 Å². The van der Waals surface area contributed by atoms with Crippen LogP contribution in [0.4, 0.5) is 0 Å². The predicted octanol–water partition coefficient (Wildman–Crippen LogP) is 1.00. The number of sulfonamides is 1. The Bertz CT molecular complexity index is 731. The lowest BCUT2D eigenvalue weighted by atomic mass is 9.81. The highest BCUT2D eigenvalue weighted by Gasteiger charge is 2.34. The van der Waals surface area contributed by atoms with Gasteiger partial charge in [-0.2, -0.15) is 4.31 Å². The molecule has 27 heavy (non-hydrogen) atoms. The second kappa shape index (κ2) is 9.14. The third kappa shape index (κ3) is 4.68. The smallest absolute Gasteiger partial charge is 0.243 e. The highest BCUT2D eigenvalue weighted by atomic mass is 32.2. The lowest BCUT2D eigenvalue weighted by Gasteiger charge is -2.32. The van der Waals surface area contributed by atoms with Crippen LogP contribution in [0.1, 0.15) is 32.3 Å². The van der Waals surface area contributed by atoms with Crippen LogP contribution in [0.25, 0.3) is 0 Å². The molecule has 0 saturated carbocycles. The fraction of sp³-hybridized carbons (Fsp3) is 0.632. The van der Waals surface area contributed by atoms with E-state index in [1.54, 1.807) is 24.3 Å². The minimum atomic E-state index is -3.59. The van der Waals surface area contributed by atoms with Gasteiger partial charge in [-0.05, 0) is 31.5 Å². The van der Waals surface area contributed by atoms with Crippen molar-refractivity contribution in [2.75, 3.05) is 39.8 Å². The van der Waals surface area contributed by atoms with Crippen molar-refractivity contribution in [2.45, 2.75) is 38.1 Å². The number of hydrogen-bond donors (Lipinski definition) is 2. The summed E-state index contributed by atoms with van der Waals surface area (Å²) in [4.78, 5) is 15.1. The van der Waals surface area contributed by atoms with Gasteiger partial charge < -0.3 is 16.0 Å². The van der Waals surface area contributed by atoms with Crippen LogP contribution in [0.3, 0.4) is 0 Å². The number of amides is 1. The maximum atomic E-state index is 13.1. The van der Waals surface area contributed by atoms with Crippen molar-refractivity contribution in [3.63, 3.8) is 0 Å². The molecule has 1 fully saturated rings. The maximum absolute atomic E-state index is 13.1. The first kappa shape index (κ1) is 21.8. The zero-order chi connectivity index (χ0) is 20.1. The molecule has 8 heteroatoms. The van der Waals surface area contributed by atoms with E-state index in [2.05, 4.69) is 10.2 Å². The summed E-state index contributed by atoms with van der Waals surface area (Å²) in [6.45, 7) is 6.71. The minimum Gasteiger partial charge on any atom is -0.351 e. The highest BCUT2D eigenvalue weighted by Crippen LogP contribution is 2.26. The van der Waals surface area contributed by atoms with Crippen LogP contribution < -0.4 is 11.1 Å². The summed E-state index contributed by atoms with van der Waals surface area (Å²) in [7, 11) is -1.60. The second-order valence-corrected chi connectivity index (χ2v) is 9.10. The minimum absolute atomic E-state index is 0.123. The van der Waals surface area contributed by atoms with Crippen molar-refractivity contribution >= 4 is 15.9 Å². The molecule has 1 saturated heterocycles. The van der Waals surface area contributed by atoms with Crippen molar-refractivity contribution < 1.29 is 13.2 Å². The van der Waals surface area contributed by atoms with Crippen molar-refractivity contribution in [3.8, 4) is 0 Å². The Morgan fingerprint density at radius 3 is 2.30 bits per heavy atom. The normalized spacial score (nSPS) is 17.0. The zero-order valence-corrected chi connectivity index (χ0v) is 17.4. The molecule has 3 N–H and O–H groups in total. The fourth-order valence-electron chi connectivity index (χ4n) is 3.38. The van der Waals surface area contributed by atoms with Gasteiger partial charge in [0.05, 0.1) is 10.3 Å². The number of nitrogens with two attached hydrogens (primary N) is 1. The Hall–Kier alpha value is -1.48. The summed E-state index contributed by atoms with van der Waals surface area (Å²) in [5, 5.41) is 2.90. The van der Waals surface area contributed by atoms with E-state index in [-0.39, 0.29) is 23.9 Å². The fourth-order valence-corrected chi connectivity index (χ4v) is 5.03. The predicted molar refractivity (Wildman–Crippen MR) is 107 cm³/mol. The first-order valence-electron chi connectivity index (χ1n) is 9.55. The Balaban J connectivity index is 2.19. The molecular weight excluding hydrogens is 364 g/mol. The van der Waals surface area contributed by atoms with Crippen LogP contribution in [0.2, 0.25) is 0 Å². The Morgan fingerprint density at radius 2 is 1.74 bits per heavy atom. The number of rotatable bonds is 8. The molecule has 0 bridgehead atoms. The number of carbonyl (C=O) groups is 1. The van der Waals surface area contributed by atoms with Crippen molar-refractivity contribution in [1.29, 1.82) is 0 Å². The van der Waals surface area contributed by atoms with Gasteiger partial charge in [-0.1, -0.05) is 32.0 Å². The number of nitrogens with zero attached hydrogens (tertiary/aromatic N) is 2. The summed E-state index contributed by atoms with van der Waals surface area (Å²) < 4.78 is 27.7. The molecule has 0 atom stereocenters. The van der Waals surface area contributed by atoms with Crippen molar-refractivity contribution in [3.05, 3.63) is 29.8 Å². The van der Waals surface area contributed by atoms with Gasteiger partial charge >= 0.3 is 0 Å². The van der Waals surface area contributed by atoms with Gasteiger partial charge in [-0.3, -0.25) is 4.79 Å². The second-order valence-electron chi connectivity index (χ2n) is 7.19. The van der Waals surface area contributed by atoms with E-state index in [1.165, 1.54) is 4.31 Å². The van der Waals surface area contributed by atoms with E-state index in [0.717, 1.165) is 0 Å². The van der Waals surface area contributed by atoms with Crippen LogP contribution in [-0.2, 0) is 21.4 Å². The third-order valence-corrected chi connectivity index (χ3v) is 7.72. The summed E-state index contributed by atoms with van der Waals surface area (Å²) in [5.74, 6) is -0.123. The molecule has 0 aromatic heterocycles. The van der Waals surface area contributed by atoms with Crippen LogP contribution in [-0.4, -0.2) is 63.3 Å². The summed E-state index contributed by atoms with van der Waals surface area (Å²) in [5.41, 5.74) is 5.83. The Kier molecular flexibility index (Phi) is 7.39. The highest BCUT2D eigenvalue weighted by molar-refractivity contribution is 7.89. The van der Waals surface area contributed by atoms with E-state index in [4.69, 9.17) is 5.73 Å². The molecule has 2 rings (SSSR count). The molecule has 0 radical (unpaired) electrons. The largest absolute Gasteiger partial charge is 0.351 e. The summed E-state index contributed by atoms with van der Waals surface area (Å²) >= 11 is 0. The van der Waals surface area contributed by atoms with Gasteiger partial charge in [0.2, 0.25) is 15.9 Å². The molecule has 1 aromatic carbocycles. The average Bonchev–Trinajstić information content (AvgIpc) is 2.68. The lowest BCUT2D eigenvalue weighted by Crippen LogP contribution is -2.47. The summed E-state index contributed by atoms with van der Waals surface area (Å²) in [6, 6.07) is 6.88. The van der Waals surface area contributed by atoms with E-state index >= 15 is 0 Å². The number of benzene rings is 1. The quantitative estimate of drug-likeness (QED) is 0.684. The average molecular weight is 397 g/mol. The molecule has 0 aliphatic carbocycles. The third-order valence-electron chi connectivity index (χ3n) is 5.72. The van der Waals surface area contributed by atoms with Crippen molar-refractivity contribution in [1.82, 2.24) is 14.5 Å². The van der Waals surface area contributed by atoms with Gasteiger partial charge in [0, 0.05) is 39.3 Å². The van der Waals surface area contributed by atoms with Gasteiger partial charge in [-0.15, -0.1) is 0 Å². The number of hydrogen-bond acceptors (Lipinski definition) is 5. The maximum Gasteiger partial charge on any atom is 0.243 e. The molecule has 1 amide bonds. The van der Waals surface area contributed by atoms with Gasteiger partial charge in [0.15, 0.2) is 0 Å². The molecule has 0 unspecified atom stereocenters. The molecule has 1 heterocycles. The number of piperazine rings is 1. The van der Waals surface area contributed by atoms with Crippen molar-refractivity contribution in [2.24, 2.45) is 11.1 Å². The Labute approximate surface area is 163 Å². The topological polar surface area (TPSA) is 95.7 Å². The standard InChI is InChI=1S/C19H32N4O3S/c1-4-19(5-2,15-20)18(24)21-14-16-8-6-7-9-17(16)27(25,26)23-12-10-22(3)11-13-23/h6-9H,4-5,10-15,20H2,1-3H3,(H,21,24). The first-order valence-corrected chi connectivity index (χ1v) is 11.0. The monoisotopic (exact) mass is 396 g/mol. The number of carbonyl (C=O) groups excluding carboxylic acids is 1. The van der Waals surface area contributed by atoms with Gasteiger partial charge in [0.25, 0.3) is 0 Å². The molecule has 1 aromatic rings. The molecule has 0 spiro atoms. The number of likely N-dealkylation sites (N-methyl/N-ethyl adjacent to an activating group) is 1. The molecular formula is C19H32N4O3S. The van der Waals surface area contributed by atoms with Crippen LogP contribution >= 0.6 is 0 Å². The van der Waals surface area contributed by atoms with Crippen LogP contribution in [0, 0.1) is 5.41 Å². The molecule has 1 aliphatic rings. The SMILES string of the molecule is CCC(CC)(CN)C(=O)NCc1ccccc1S(=O)(=O)N1CCN(C)CC1. The number of nitrogens with one attached hydrogen (secondary N) is 1. The first-order chi connectivity index (χ1) is 12.8. The lowest BCUT2D eigenvalue weighted by molar-refractivity contribution is -0.131. The van der Waals surface area contributed by atoms with Crippen LogP contribution in [0.15, 0.2) is 29.2 Å². The molecule has 152 valence electrons. The van der Waals surface area contributed by atoms with E-state index in [1.807, 2.05) is 20.9 Å². The van der Waals surface area contributed by atoms with Crippen LogP contribution in [0.5, 0.6) is 0 Å². The Morgan fingerprint density at radius 1 is 1.15 bits per heavy atom. The van der Waals surface area contributed by atoms with E-state index < -0.39 is 15.4 Å². The zero-order valence-electron chi connectivity index (χ0n) is 16.6. The molecule has 7 nitrogen and oxygen atoms in total. The van der Waals surface area contributed by atoms with E-state index in [9.17, 15) is 13.2 Å². The van der Waals surface area contributed by atoms with Gasteiger partial charge in [0.1, 0.15) is 0 Å².